The van der Waals surface area contributed by atoms with Crippen LogP contribution in [0, 0.1) is 5.82 Å². The highest BCUT2D eigenvalue weighted by Crippen LogP contribution is 2.40. The summed E-state index contributed by atoms with van der Waals surface area (Å²) in [6, 6.07) is 17.6. The fraction of sp³-hybridized carbons (Fsp3) is 0.310. The topological polar surface area (TPSA) is 70.3 Å². The van der Waals surface area contributed by atoms with E-state index < -0.39 is 0 Å². The molecule has 2 heterocycles. The standard InChI is InChI=1S/C20H26N6.C9H9F/c1-16(15-26(21)20-14-22-10-11-23-20)25-12-6-9-19(25)17(2)24-13-18-7-4-3-5-8-18;10-9-4-2-1-3-8(9)7-5-6-7/h3-5,7-8,10-11,14,19,24H,1-2,6,9,12-13,15,21H2;1-4,7H,5-6H2. The number of rotatable bonds is 9. The highest BCUT2D eigenvalue weighted by Gasteiger charge is 2.28. The summed E-state index contributed by atoms with van der Waals surface area (Å²) in [6.07, 6.45) is 9.43. The molecule has 188 valence electrons. The lowest BCUT2D eigenvalue weighted by Crippen LogP contribution is -2.41. The minimum absolute atomic E-state index is 0.0370. The molecule has 0 spiro atoms. The quantitative estimate of drug-likeness (QED) is 0.322. The lowest BCUT2D eigenvalue weighted by molar-refractivity contribution is 0.338. The summed E-state index contributed by atoms with van der Waals surface area (Å²) in [7, 11) is 0. The molecule has 1 atom stereocenters. The highest BCUT2D eigenvalue weighted by atomic mass is 19.1. The number of nitrogens with zero attached hydrogens (tertiary/aromatic N) is 4. The molecule has 1 saturated heterocycles. The Morgan fingerprint density at radius 3 is 2.50 bits per heavy atom. The zero-order valence-electron chi connectivity index (χ0n) is 20.7. The summed E-state index contributed by atoms with van der Waals surface area (Å²) >= 11 is 0. The molecule has 2 aromatic carbocycles. The van der Waals surface area contributed by atoms with Gasteiger partial charge in [0.1, 0.15) is 5.82 Å². The first kappa shape index (κ1) is 25.4. The van der Waals surface area contributed by atoms with Crippen molar-refractivity contribution in [1.82, 2.24) is 20.2 Å². The average molecular weight is 487 g/mol. The van der Waals surface area contributed by atoms with Gasteiger partial charge in [0, 0.05) is 36.9 Å². The second-order valence-corrected chi connectivity index (χ2v) is 9.27. The number of hydrogen-bond acceptors (Lipinski definition) is 6. The maximum absolute atomic E-state index is 12.9. The number of nitrogens with one attached hydrogen (secondary N) is 1. The van der Waals surface area contributed by atoms with Crippen LogP contribution in [0.3, 0.4) is 0 Å². The average Bonchev–Trinajstić information content (AvgIpc) is 3.63. The molecule has 1 saturated carbocycles. The third kappa shape index (κ3) is 6.92. The van der Waals surface area contributed by atoms with Crippen LogP contribution >= 0.6 is 0 Å². The molecule has 36 heavy (non-hydrogen) atoms. The molecule has 0 radical (unpaired) electrons. The molecule has 1 aliphatic carbocycles. The smallest absolute Gasteiger partial charge is 0.161 e. The van der Waals surface area contributed by atoms with E-state index in [1.165, 1.54) is 24.5 Å². The number of benzene rings is 2. The molecule has 1 aromatic heterocycles. The summed E-state index contributed by atoms with van der Waals surface area (Å²) in [4.78, 5) is 10.6. The van der Waals surface area contributed by atoms with Crippen LogP contribution in [0.5, 0.6) is 0 Å². The van der Waals surface area contributed by atoms with Gasteiger partial charge in [0.2, 0.25) is 0 Å². The van der Waals surface area contributed by atoms with Crippen LogP contribution in [-0.2, 0) is 6.54 Å². The third-order valence-electron chi connectivity index (χ3n) is 6.54. The number of likely N-dealkylation sites (tertiary alicyclic amines) is 1. The van der Waals surface area contributed by atoms with E-state index in [-0.39, 0.29) is 11.9 Å². The minimum Gasteiger partial charge on any atom is -0.383 e. The van der Waals surface area contributed by atoms with Crippen LogP contribution in [0.2, 0.25) is 0 Å². The van der Waals surface area contributed by atoms with Gasteiger partial charge in [-0.3, -0.25) is 9.99 Å². The Hall–Kier alpha value is -3.71. The molecule has 0 bridgehead atoms. The second-order valence-electron chi connectivity index (χ2n) is 9.27. The third-order valence-corrected chi connectivity index (χ3v) is 6.54. The van der Waals surface area contributed by atoms with Gasteiger partial charge in [-0.1, -0.05) is 61.7 Å². The maximum atomic E-state index is 12.9. The number of halogens is 1. The number of aromatic nitrogens is 2. The number of anilines is 1. The van der Waals surface area contributed by atoms with Gasteiger partial charge in [0.05, 0.1) is 18.8 Å². The van der Waals surface area contributed by atoms with Crippen molar-refractivity contribution in [3.63, 3.8) is 0 Å². The first-order valence-corrected chi connectivity index (χ1v) is 12.5. The molecular formula is C29H35FN6. The molecule has 6 nitrogen and oxygen atoms in total. The lowest BCUT2D eigenvalue weighted by Gasteiger charge is -2.32. The van der Waals surface area contributed by atoms with Crippen molar-refractivity contribution in [2.24, 2.45) is 5.84 Å². The Morgan fingerprint density at radius 2 is 1.81 bits per heavy atom. The first-order valence-electron chi connectivity index (χ1n) is 12.5. The summed E-state index contributed by atoms with van der Waals surface area (Å²) < 4.78 is 12.9. The van der Waals surface area contributed by atoms with Gasteiger partial charge >= 0.3 is 0 Å². The van der Waals surface area contributed by atoms with Crippen LogP contribution in [-0.4, -0.2) is 34.0 Å². The second kappa shape index (κ2) is 12.3. The predicted octanol–water partition coefficient (Wildman–Crippen LogP) is 5.14. The highest BCUT2D eigenvalue weighted by molar-refractivity contribution is 5.35. The van der Waals surface area contributed by atoms with Gasteiger partial charge in [0.15, 0.2) is 5.82 Å². The van der Waals surface area contributed by atoms with Crippen molar-refractivity contribution in [3.8, 4) is 0 Å². The molecule has 5 rings (SSSR count). The fourth-order valence-electron chi connectivity index (χ4n) is 4.45. The van der Waals surface area contributed by atoms with Crippen molar-refractivity contribution < 1.29 is 4.39 Å². The van der Waals surface area contributed by atoms with E-state index in [0.717, 1.165) is 42.9 Å². The summed E-state index contributed by atoms with van der Waals surface area (Å²) in [6.45, 7) is 10.7. The lowest BCUT2D eigenvalue weighted by atomic mass is 10.1. The summed E-state index contributed by atoms with van der Waals surface area (Å²) in [5, 5.41) is 5.04. The molecular weight excluding hydrogens is 451 g/mol. The van der Waals surface area contributed by atoms with Crippen LogP contribution in [0.15, 0.2) is 97.7 Å². The first-order chi connectivity index (χ1) is 17.5. The number of hydrogen-bond donors (Lipinski definition) is 2. The van der Waals surface area contributed by atoms with Crippen molar-refractivity contribution in [1.29, 1.82) is 0 Å². The minimum atomic E-state index is -0.0370. The van der Waals surface area contributed by atoms with Crippen molar-refractivity contribution in [3.05, 3.63) is 115 Å². The Labute approximate surface area is 213 Å². The van der Waals surface area contributed by atoms with Crippen LogP contribution in [0.4, 0.5) is 10.2 Å². The monoisotopic (exact) mass is 486 g/mol. The Bertz CT molecular complexity index is 1130. The molecule has 3 aromatic rings. The molecule has 3 N–H and O–H groups in total. The summed E-state index contributed by atoms with van der Waals surface area (Å²) in [5.41, 5.74) is 4.13. The summed E-state index contributed by atoms with van der Waals surface area (Å²) in [5.74, 6) is 7.25. The zero-order chi connectivity index (χ0) is 25.3. The number of nitrogens with two attached hydrogens (primary N) is 1. The molecule has 2 aliphatic rings. The normalized spacial score (nSPS) is 16.6. The van der Waals surface area contributed by atoms with E-state index in [4.69, 9.17) is 5.84 Å². The molecule has 1 aliphatic heterocycles. The Kier molecular flexibility index (Phi) is 8.68. The van der Waals surface area contributed by atoms with E-state index in [1.807, 2.05) is 30.3 Å². The maximum Gasteiger partial charge on any atom is 0.161 e. The van der Waals surface area contributed by atoms with Gasteiger partial charge in [-0.2, -0.15) is 0 Å². The van der Waals surface area contributed by atoms with Gasteiger partial charge in [-0.25, -0.2) is 15.2 Å². The van der Waals surface area contributed by atoms with Gasteiger partial charge < -0.3 is 10.2 Å². The van der Waals surface area contributed by atoms with Crippen LogP contribution in [0.1, 0.15) is 42.7 Å². The molecule has 1 unspecified atom stereocenters. The van der Waals surface area contributed by atoms with E-state index in [1.54, 1.807) is 29.7 Å². The molecule has 7 heteroatoms. The Balaban J connectivity index is 0.000000251. The van der Waals surface area contributed by atoms with E-state index >= 15 is 0 Å². The van der Waals surface area contributed by atoms with Crippen LogP contribution in [0.25, 0.3) is 0 Å². The van der Waals surface area contributed by atoms with Crippen molar-refractivity contribution >= 4 is 5.82 Å². The number of hydrazine groups is 1. The fourth-order valence-corrected chi connectivity index (χ4v) is 4.45. The molecule has 2 fully saturated rings. The Morgan fingerprint density at radius 1 is 1.06 bits per heavy atom. The van der Waals surface area contributed by atoms with Crippen LogP contribution < -0.4 is 16.2 Å². The SMILES string of the molecule is C=C(NCc1ccccc1)C1CCCN1C(=C)CN(N)c1cnccn1.Fc1ccccc1C1CC1. The van der Waals surface area contributed by atoms with E-state index in [0.29, 0.717) is 18.3 Å². The van der Waals surface area contributed by atoms with Gasteiger partial charge in [0.25, 0.3) is 0 Å². The predicted molar refractivity (Wildman–Crippen MR) is 143 cm³/mol. The van der Waals surface area contributed by atoms with E-state index in [2.05, 4.69) is 45.5 Å². The molecule has 0 amide bonds. The van der Waals surface area contributed by atoms with Gasteiger partial charge in [-0.15, -0.1) is 0 Å². The van der Waals surface area contributed by atoms with E-state index in [9.17, 15) is 4.39 Å². The van der Waals surface area contributed by atoms with Crippen molar-refractivity contribution in [2.45, 2.75) is 44.2 Å². The van der Waals surface area contributed by atoms with Crippen molar-refractivity contribution in [2.75, 3.05) is 18.1 Å². The largest absolute Gasteiger partial charge is 0.383 e. The zero-order valence-corrected chi connectivity index (χ0v) is 20.7. The van der Waals surface area contributed by atoms with Gasteiger partial charge in [-0.05, 0) is 48.8 Å².